The van der Waals surface area contributed by atoms with Crippen LogP contribution in [0.15, 0.2) is 5.38 Å². The van der Waals surface area contributed by atoms with E-state index in [0.29, 0.717) is 17.2 Å². The molecule has 0 saturated heterocycles. The number of hydrogen-bond donors (Lipinski definition) is 1. The largest absolute Gasteiger partial charge is 0.347 e. The van der Waals surface area contributed by atoms with Crippen LogP contribution in [0.5, 0.6) is 0 Å². The smallest absolute Gasteiger partial charge is 0.270 e. The fourth-order valence-corrected chi connectivity index (χ4v) is 3.89. The van der Waals surface area contributed by atoms with Crippen molar-refractivity contribution in [1.82, 2.24) is 10.3 Å². The van der Waals surface area contributed by atoms with Crippen molar-refractivity contribution in [3.8, 4) is 0 Å². The Morgan fingerprint density at radius 1 is 1.47 bits per heavy atom. The van der Waals surface area contributed by atoms with Crippen LogP contribution >= 0.6 is 11.3 Å². The molecule has 92 valence electrons. The number of amides is 1. The molecule has 1 aromatic heterocycles. The van der Waals surface area contributed by atoms with Crippen LogP contribution in [0.25, 0.3) is 0 Å². The van der Waals surface area contributed by atoms with E-state index < -0.39 is 0 Å². The van der Waals surface area contributed by atoms with Gasteiger partial charge in [0, 0.05) is 11.4 Å². The maximum absolute atomic E-state index is 12.0. The van der Waals surface area contributed by atoms with Gasteiger partial charge in [-0.2, -0.15) is 0 Å². The van der Waals surface area contributed by atoms with E-state index in [9.17, 15) is 4.79 Å². The number of hydrogen-bond acceptors (Lipinski definition) is 3. The zero-order valence-electron chi connectivity index (χ0n) is 10.2. The molecule has 2 aliphatic rings. The fraction of sp³-hybridized carbons (Fsp3) is 0.692. The van der Waals surface area contributed by atoms with Crippen molar-refractivity contribution < 1.29 is 4.79 Å². The molecule has 1 amide bonds. The number of aromatic nitrogens is 1. The summed E-state index contributed by atoms with van der Waals surface area (Å²) in [5, 5.41) is 5.99. The van der Waals surface area contributed by atoms with E-state index >= 15 is 0 Å². The summed E-state index contributed by atoms with van der Waals surface area (Å²) >= 11 is 1.54. The first kappa shape index (κ1) is 11.2. The number of nitrogens with zero attached hydrogens (tertiary/aromatic N) is 1. The van der Waals surface area contributed by atoms with Crippen molar-refractivity contribution in [2.45, 2.75) is 51.5 Å². The van der Waals surface area contributed by atoms with Gasteiger partial charge in [-0.25, -0.2) is 4.98 Å². The maximum atomic E-state index is 12.0. The fourth-order valence-electron chi connectivity index (χ4n) is 3.30. The molecule has 0 bridgehead atoms. The summed E-state index contributed by atoms with van der Waals surface area (Å²) in [7, 11) is 0. The Bertz CT molecular complexity index is 434. The van der Waals surface area contributed by atoms with Gasteiger partial charge in [0.05, 0.1) is 5.01 Å². The molecule has 1 unspecified atom stereocenters. The Kier molecular flexibility index (Phi) is 2.69. The second-order valence-corrected chi connectivity index (χ2v) is 6.45. The van der Waals surface area contributed by atoms with E-state index in [2.05, 4.69) is 10.3 Å². The highest BCUT2D eigenvalue weighted by Crippen LogP contribution is 2.53. The molecule has 1 atom stereocenters. The monoisotopic (exact) mass is 250 g/mol. The van der Waals surface area contributed by atoms with Crippen molar-refractivity contribution in [2.75, 3.05) is 0 Å². The van der Waals surface area contributed by atoms with Crippen LogP contribution in [0, 0.1) is 12.3 Å². The minimum atomic E-state index is 0.0188. The minimum absolute atomic E-state index is 0.0188. The maximum Gasteiger partial charge on any atom is 0.270 e. The molecule has 2 aliphatic carbocycles. The van der Waals surface area contributed by atoms with Crippen molar-refractivity contribution in [3.05, 3.63) is 16.1 Å². The molecule has 0 radical (unpaired) electrons. The van der Waals surface area contributed by atoms with Gasteiger partial charge in [0.2, 0.25) is 0 Å². The number of thiazole rings is 1. The quantitative estimate of drug-likeness (QED) is 0.877. The Hall–Kier alpha value is -0.900. The highest BCUT2D eigenvalue weighted by molar-refractivity contribution is 7.09. The molecule has 1 heterocycles. The Morgan fingerprint density at radius 3 is 2.76 bits per heavy atom. The van der Waals surface area contributed by atoms with Crippen LogP contribution in [0.1, 0.15) is 54.0 Å². The molecule has 17 heavy (non-hydrogen) atoms. The van der Waals surface area contributed by atoms with Crippen LogP contribution in [0.3, 0.4) is 0 Å². The third kappa shape index (κ3) is 1.88. The molecule has 2 saturated carbocycles. The molecule has 1 spiro atoms. The van der Waals surface area contributed by atoms with Crippen molar-refractivity contribution >= 4 is 17.2 Å². The molecule has 3 rings (SSSR count). The van der Waals surface area contributed by atoms with Gasteiger partial charge >= 0.3 is 0 Å². The van der Waals surface area contributed by atoms with E-state index in [1.165, 1.54) is 43.4 Å². The average Bonchev–Trinajstić information content (AvgIpc) is 2.93. The van der Waals surface area contributed by atoms with E-state index in [1.54, 1.807) is 0 Å². The third-order valence-electron chi connectivity index (χ3n) is 4.43. The molecule has 4 heteroatoms. The molecule has 0 aliphatic heterocycles. The van der Waals surface area contributed by atoms with Gasteiger partial charge in [-0.15, -0.1) is 11.3 Å². The van der Waals surface area contributed by atoms with E-state index in [1.807, 2.05) is 12.3 Å². The summed E-state index contributed by atoms with van der Waals surface area (Å²) in [6.07, 6.45) is 7.72. The van der Waals surface area contributed by atoms with Crippen LogP contribution in [-0.4, -0.2) is 16.9 Å². The lowest BCUT2D eigenvalue weighted by molar-refractivity contribution is 0.0580. The van der Waals surface area contributed by atoms with Crippen LogP contribution in [0.4, 0.5) is 0 Å². The second kappa shape index (κ2) is 4.09. The Labute approximate surface area is 106 Å². The predicted molar refractivity (Wildman–Crippen MR) is 68.2 cm³/mol. The van der Waals surface area contributed by atoms with Crippen LogP contribution in [-0.2, 0) is 0 Å². The molecular weight excluding hydrogens is 232 g/mol. The Morgan fingerprint density at radius 2 is 2.24 bits per heavy atom. The topological polar surface area (TPSA) is 42.0 Å². The number of carbonyl (C=O) groups is 1. The lowest BCUT2D eigenvalue weighted by Gasteiger charge is -2.47. The summed E-state index contributed by atoms with van der Waals surface area (Å²) in [6.45, 7) is 1.93. The summed E-state index contributed by atoms with van der Waals surface area (Å²) in [4.78, 5) is 16.3. The third-order valence-corrected chi connectivity index (χ3v) is 5.20. The second-order valence-electron chi connectivity index (χ2n) is 5.39. The van der Waals surface area contributed by atoms with Gasteiger partial charge < -0.3 is 5.32 Å². The van der Waals surface area contributed by atoms with Gasteiger partial charge in [0.25, 0.3) is 5.91 Å². The summed E-state index contributed by atoms with van der Waals surface area (Å²) in [5.41, 5.74) is 1.04. The first-order chi connectivity index (χ1) is 8.20. The molecule has 1 aromatic rings. The van der Waals surface area contributed by atoms with E-state index in [0.717, 1.165) is 11.4 Å². The van der Waals surface area contributed by atoms with Gasteiger partial charge in [0.15, 0.2) is 0 Å². The first-order valence-electron chi connectivity index (χ1n) is 6.43. The average molecular weight is 250 g/mol. The van der Waals surface area contributed by atoms with Crippen LogP contribution in [0.2, 0.25) is 0 Å². The molecular formula is C13H18N2OS. The molecule has 0 aromatic carbocycles. The van der Waals surface area contributed by atoms with Crippen molar-refractivity contribution in [3.63, 3.8) is 0 Å². The van der Waals surface area contributed by atoms with Gasteiger partial charge in [-0.3, -0.25) is 4.79 Å². The van der Waals surface area contributed by atoms with Gasteiger partial charge in [-0.05, 0) is 38.0 Å². The SMILES string of the molecule is Cc1nc(C(=O)NC2CCC23CCCC3)cs1. The van der Waals surface area contributed by atoms with Gasteiger partial charge in [0.1, 0.15) is 5.69 Å². The number of aryl methyl sites for hydroxylation is 1. The number of rotatable bonds is 2. The highest BCUT2D eigenvalue weighted by Gasteiger charge is 2.48. The van der Waals surface area contributed by atoms with Crippen molar-refractivity contribution in [2.24, 2.45) is 5.41 Å². The molecule has 1 N–H and O–H groups in total. The van der Waals surface area contributed by atoms with E-state index in [-0.39, 0.29) is 5.91 Å². The predicted octanol–water partition coefficient (Wildman–Crippen LogP) is 2.90. The normalized spacial score (nSPS) is 25.8. The lowest BCUT2D eigenvalue weighted by Crippen LogP contribution is -2.53. The molecule has 2 fully saturated rings. The number of carbonyl (C=O) groups excluding carboxylic acids is 1. The summed E-state index contributed by atoms with van der Waals surface area (Å²) in [6, 6.07) is 0.402. The highest BCUT2D eigenvalue weighted by atomic mass is 32.1. The standard InChI is InChI=1S/C13H18N2OS/c1-9-14-10(8-17-9)12(16)15-11-4-7-13(11)5-2-3-6-13/h8,11H,2-7H2,1H3,(H,15,16). The first-order valence-corrected chi connectivity index (χ1v) is 7.31. The summed E-state index contributed by atoms with van der Waals surface area (Å²) in [5.74, 6) is 0.0188. The number of nitrogens with one attached hydrogen (secondary N) is 1. The van der Waals surface area contributed by atoms with Crippen LogP contribution < -0.4 is 5.32 Å². The van der Waals surface area contributed by atoms with Gasteiger partial charge in [-0.1, -0.05) is 12.8 Å². The molecule has 3 nitrogen and oxygen atoms in total. The minimum Gasteiger partial charge on any atom is -0.347 e. The lowest BCUT2D eigenvalue weighted by atomic mass is 9.63. The van der Waals surface area contributed by atoms with E-state index in [4.69, 9.17) is 0 Å². The Balaban J connectivity index is 1.66. The zero-order chi connectivity index (χ0) is 11.9. The van der Waals surface area contributed by atoms with Crippen molar-refractivity contribution in [1.29, 1.82) is 0 Å². The summed E-state index contributed by atoms with van der Waals surface area (Å²) < 4.78 is 0. The zero-order valence-corrected chi connectivity index (χ0v) is 11.0.